The van der Waals surface area contributed by atoms with Crippen LogP contribution in [-0.2, 0) is 0 Å². The Morgan fingerprint density at radius 3 is 2.74 bits per heavy atom. The Labute approximate surface area is 108 Å². The van der Waals surface area contributed by atoms with Gasteiger partial charge in [0.1, 0.15) is 0 Å². The van der Waals surface area contributed by atoms with Crippen LogP contribution in [0, 0.1) is 0 Å². The van der Waals surface area contributed by atoms with Crippen molar-refractivity contribution in [1.29, 1.82) is 0 Å². The Bertz CT molecular complexity index is 589. The summed E-state index contributed by atoms with van der Waals surface area (Å²) in [7, 11) is 1.37. The highest BCUT2D eigenvalue weighted by atomic mass is 19.4. The van der Waals surface area contributed by atoms with Gasteiger partial charge in [-0.25, -0.2) is 0 Å². The quantitative estimate of drug-likeness (QED) is 0.913. The number of hydrogen-bond acceptors (Lipinski definition) is 1. The van der Waals surface area contributed by atoms with Crippen LogP contribution in [0.15, 0.2) is 30.5 Å². The predicted molar refractivity (Wildman–Crippen MR) is 65.9 cm³/mol. The summed E-state index contributed by atoms with van der Waals surface area (Å²) in [5.41, 5.74) is 1.19. The number of hydrogen-bond donors (Lipinski definition) is 1. The van der Waals surface area contributed by atoms with Gasteiger partial charge in [0.25, 0.3) is 5.91 Å². The van der Waals surface area contributed by atoms with Crippen LogP contribution in [0.4, 0.5) is 13.2 Å². The topological polar surface area (TPSA) is 36.1 Å². The number of nitrogens with one attached hydrogen (secondary N) is 1. The van der Waals surface area contributed by atoms with Crippen LogP contribution >= 0.6 is 0 Å². The number of nitrogens with zero attached hydrogens (tertiary/aromatic N) is 1. The molecular weight excluding hydrogens is 257 g/mol. The fourth-order valence-corrected chi connectivity index (χ4v) is 1.87. The lowest BCUT2D eigenvalue weighted by atomic mass is 10.1. The lowest BCUT2D eigenvalue weighted by Crippen LogP contribution is -2.30. The summed E-state index contributed by atoms with van der Waals surface area (Å²) in [5.74, 6) is -0.408. The van der Waals surface area contributed by atoms with Gasteiger partial charge in [-0.1, -0.05) is 6.07 Å². The molecule has 2 rings (SSSR count). The highest BCUT2D eigenvalue weighted by Crippen LogP contribution is 2.22. The van der Waals surface area contributed by atoms with E-state index in [1.807, 2.05) is 6.07 Å². The van der Waals surface area contributed by atoms with Crippen molar-refractivity contribution in [3.05, 3.63) is 36.0 Å². The van der Waals surface area contributed by atoms with Gasteiger partial charge < -0.3 is 9.88 Å². The smallest absolute Gasteiger partial charge is 0.361 e. The number of rotatable bonds is 3. The molecule has 1 heterocycles. The summed E-state index contributed by atoms with van der Waals surface area (Å²) in [6.45, 7) is -0.344. The van der Waals surface area contributed by atoms with Gasteiger partial charge in [-0.05, 0) is 18.2 Å². The van der Waals surface area contributed by atoms with Crippen molar-refractivity contribution in [3.8, 4) is 0 Å². The maximum Gasteiger partial charge on any atom is 0.390 e. The first-order valence-corrected chi connectivity index (χ1v) is 5.77. The summed E-state index contributed by atoms with van der Waals surface area (Å²) >= 11 is 0. The summed E-state index contributed by atoms with van der Waals surface area (Å²) in [6, 6.07) is 6.86. The largest absolute Gasteiger partial charge is 0.390 e. The molecule has 1 aromatic heterocycles. The summed E-state index contributed by atoms with van der Waals surface area (Å²) in [4.78, 5) is 16.2. The number of aromatic amines is 1. The number of carbonyl (C=O) groups is 1. The molecule has 0 radical (unpaired) electrons. The van der Waals surface area contributed by atoms with Gasteiger partial charge in [0.05, 0.1) is 6.42 Å². The van der Waals surface area contributed by atoms with E-state index in [4.69, 9.17) is 0 Å². The number of H-pyrrole nitrogens is 1. The lowest BCUT2D eigenvalue weighted by molar-refractivity contribution is -0.136. The second kappa shape index (κ2) is 4.95. The number of carbonyl (C=O) groups excluding carboxylic acids is 1. The van der Waals surface area contributed by atoms with Crippen molar-refractivity contribution in [2.24, 2.45) is 0 Å². The number of halogens is 3. The van der Waals surface area contributed by atoms with Gasteiger partial charge >= 0.3 is 6.18 Å². The number of aromatic nitrogens is 1. The zero-order valence-corrected chi connectivity index (χ0v) is 10.3. The van der Waals surface area contributed by atoms with E-state index >= 15 is 0 Å². The summed E-state index contributed by atoms with van der Waals surface area (Å²) < 4.78 is 36.4. The number of fused-ring (bicyclic) bond motifs is 1. The molecule has 1 amide bonds. The van der Waals surface area contributed by atoms with E-state index in [1.165, 1.54) is 7.05 Å². The third kappa shape index (κ3) is 3.07. The van der Waals surface area contributed by atoms with E-state index in [9.17, 15) is 18.0 Å². The molecule has 6 heteroatoms. The van der Waals surface area contributed by atoms with Crippen molar-refractivity contribution in [3.63, 3.8) is 0 Å². The van der Waals surface area contributed by atoms with Crippen molar-refractivity contribution in [1.82, 2.24) is 9.88 Å². The SMILES string of the molecule is CN(CCC(F)(F)F)C(=O)c1cccc2[nH]ccc12. The summed E-state index contributed by atoms with van der Waals surface area (Å²) in [6.07, 6.45) is -3.57. The molecule has 0 fully saturated rings. The maximum absolute atomic E-state index is 12.1. The van der Waals surface area contributed by atoms with Crippen LogP contribution in [0.5, 0.6) is 0 Å². The van der Waals surface area contributed by atoms with Gasteiger partial charge in [-0.2, -0.15) is 13.2 Å². The van der Waals surface area contributed by atoms with E-state index < -0.39 is 18.5 Å². The molecule has 0 aliphatic carbocycles. The van der Waals surface area contributed by atoms with Crippen molar-refractivity contribution in [2.75, 3.05) is 13.6 Å². The Morgan fingerprint density at radius 1 is 1.32 bits per heavy atom. The van der Waals surface area contributed by atoms with Gasteiger partial charge in [-0.3, -0.25) is 4.79 Å². The molecule has 0 bridgehead atoms. The molecule has 0 aliphatic heterocycles. The zero-order chi connectivity index (χ0) is 14.0. The van der Waals surface area contributed by atoms with Crippen LogP contribution in [-0.4, -0.2) is 35.6 Å². The van der Waals surface area contributed by atoms with E-state index in [0.29, 0.717) is 10.9 Å². The Hall–Kier alpha value is -1.98. The minimum absolute atomic E-state index is 0.344. The molecule has 1 N–H and O–H groups in total. The van der Waals surface area contributed by atoms with Crippen molar-refractivity contribution < 1.29 is 18.0 Å². The molecule has 102 valence electrons. The van der Waals surface area contributed by atoms with E-state index in [1.54, 1.807) is 24.4 Å². The van der Waals surface area contributed by atoms with Crippen molar-refractivity contribution >= 4 is 16.8 Å². The Kier molecular flexibility index (Phi) is 3.50. The van der Waals surface area contributed by atoms with Crippen LogP contribution in [0.1, 0.15) is 16.8 Å². The Morgan fingerprint density at radius 2 is 2.05 bits per heavy atom. The van der Waals surface area contributed by atoms with Gasteiger partial charge in [0.15, 0.2) is 0 Å². The standard InChI is InChI=1S/C13H13F3N2O/c1-18(8-6-13(14,15)16)12(19)10-3-2-4-11-9(10)5-7-17-11/h2-5,7,17H,6,8H2,1H3. The molecule has 0 spiro atoms. The zero-order valence-electron chi connectivity index (χ0n) is 10.3. The molecule has 0 atom stereocenters. The predicted octanol–water partition coefficient (Wildman–Crippen LogP) is 3.19. The number of amides is 1. The van der Waals surface area contributed by atoms with E-state index in [2.05, 4.69) is 4.98 Å². The van der Waals surface area contributed by atoms with Gasteiger partial charge in [0, 0.05) is 36.3 Å². The minimum atomic E-state index is -4.26. The molecule has 0 unspecified atom stereocenters. The molecule has 2 aromatic rings. The van der Waals surface area contributed by atoms with E-state index in [-0.39, 0.29) is 6.54 Å². The lowest BCUT2D eigenvalue weighted by Gasteiger charge is -2.18. The molecular formula is C13H13F3N2O. The fourth-order valence-electron chi connectivity index (χ4n) is 1.87. The molecule has 3 nitrogen and oxygen atoms in total. The first-order chi connectivity index (χ1) is 8.88. The van der Waals surface area contributed by atoms with Crippen LogP contribution < -0.4 is 0 Å². The average molecular weight is 270 g/mol. The molecule has 0 saturated carbocycles. The maximum atomic E-state index is 12.1. The highest BCUT2D eigenvalue weighted by molar-refractivity contribution is 6.06. The van der Waals surface area contributed by atoms with Gasteiger partial charge in [0.2, 0.25) is 0 Å². The number of benzene rings is 1. The summed E-state index contributed by atoms with van der Waals surface area (Å²) in [5, 5.41) is 0.714. The van der Waals surface area contributed by atoms with Crippen LogP contribution in [0.2, 0.25) is 0 Å². The second-order valence-electron chi connectivity index (χ2n) is 4.34. The molecule has 0 aliphatic rings. The third-order valence-corrected chi connectivity index (χ3v) is 2.90. The van der Waals surface area contributed by atoms with Crippen LogP contribution in [0.25, 0.3) is 10.9 Å². The minimum Gasteiger partial charge on any atom is -0.361 e. The monoisotopic (exact) mass is 270 g/mol. The fraction of sp³-hybridized carbons (Fsp3) is 0.308. The molecule has 19 heavy (non-hydrogen) atoms. The Balaban J connectivity index is 2.17. The van der Waals surface area contributed by atoms with Crippen LogP contribution in [0.3, 0.4) is 0 Å². The van der Waals surface area contributed by atoms with E-state index in [0.717, 1.165) is 10.4 Å². The third-order valence-electron chi connectivity index (χ3n) is 2.90. The second-order valence-corrected chi connectivity index (χ2v) is 4.34. The molecule has 1 aromatic carbocycles. The first kappa shape index (κ1) is 13.5. The normalized spacial score (nSPS) is 11.8. The average Bonchev–Trinajstić information content (AvgIpc) is 2.82. The number of alkyl halides is 3. The van der Waals surface area contributed by atoms with Gasteiger partial charge in [-0.15, -0.1) is 0 Å². The van der Waals surface area contributed by atoms with Crippen molar-refractivity contribution in [2.45, 2.75) is 12.6 Å². The first-order valence-electron chi connectivity index (χ1n) is 5.77. The molecule has 0 saturated heterocycles. The highest BCUT2D eigenvalue weighted by Gasteiger charge is 2.28.